The second-order valence-corrected chi connectivity index (χ2v) is 4.13. The van der Waals surface area contributed by atoms with E-state index in [-0.39, 0.29) is 10.6 Å². The third kappa shape index (κ3) is 2.45. The van der Waals surface area contributed by atoms with Crippen LogP contribution < -0.4 is 4.74 Å². The Hall–Kier alpha value is -1.88. The molecule has 1 heterocycles. The van der Waals surface area contributed by atoms with Crippen LogP contribution in [0.4, 0.5) is 9.18 Å². The molecule has 0 amide bonds. The van der Waals surface area contributed by atoms with Gasteiger partial charge in [-0.25, -0.2) is 9.18 Å². The highest BCUT2D eigenvalue weighted by atomic mass is 32.1. The molecule has 0 aliphatic heterocycles. The maximum Gasteiger partial charge on any atom is 0.512 e. The number of benzene rings is 1. The average Bonchev–Trinajstić information content (AvgIpc) is 2.72. The molecule has 0 saturated heterocycles. The summed E-state index contributed by atoms with van der Waals surface area (Å²) < 4.78 is 17.5. The van der Waals surface area contributed by atoms with Crippen molar-refractivity contribution < 1.29 is 19.0 Å². The van der Waals surface area contributed by atoms with Crippen molar-refractivity contribution >= 4 is 17.5 Å². The van der Waals surface area contributed by atoms with Crippen molar-refractivity contribution in [1.29, 1.82) is 0 Å². The van der Waals surface area contributed by atoms with Crippen molar-refractivity contribution in [3.8, 4) is 16.2 Å². The van der Waals surface area contributed by atoms with E-state index in [1.807, 2.05) is 30.3 Å². The fraction of sp³-hybridized carbons (Fsp3) is 0.0833. The first-order valence-electron chi connectivity index (χ1n) is 4.85. The van der Waals surface area contributed by atoms with E-state index in [1.54, 1.807) is 5.38 Å². The number of ether oxygens (including phenoxy) is 1. The van der Waals surface area contributed by atoms with Gasteiger partial charge in [-0.05, 0) is 5.56 Å². The van der Waals surface area contributed by atoms with Crippen LogP contribution in [0.2, 0.25) is 0 Å². The lowest BCUT2D eigenvalue weighted by atomic mass is 10.1. The van der Waals surface area contributed by atoms with Gasteiger partial charge < -0.3 is 9.84 Å². The molecule has 17 heavy (non-hydrogen) atoms. The van der Waals surface area contributed by atoms with Crippen LogP contribution in [0.15, 0.2) is 35.7 Å². The summed E-state index contributed by atoms with van der Waals surface area (Å²) in [6, 6.07) is 9.22. The van der Waals surface area contributed by atoms with E-state index in [0.29, 0.717) is 5.56 Å². The number of hydrogen-bond donors (Lipinski definition) is 1. The van der Waals surface area contributed by atoms with Crippen LogP contribution in [0.1, 0.15) is 5.56 Å². The number of carbonyl (C=O) groups is 1. The van der Waals surface area contributed by atoms with Gasteiger partial charge in [0.05, 0.1) is 0 Å². The molecule has 2 rings (SSSR count). The van der Waals surface area contributed by atoms with Crippen LogP contribution in [0, 0.1) is 0 Å². The van der Waals surface area contributed by atoms with Crippen LogP contribution in [0.3, 0.4) is 0 Å². The lowest BCUT2D eigenvalue weighted by molar-refractivity contribution is 0.145. The summed E-state index contributed by atoms with van der Waals surface area (Å²) in [6.07, 6.45) is -1.43. The van der Waals surface area contributed by atoms with Crippen molar-refractivity contribution in [3.05, 3.63) is 41.3 Å². The van der Waals surface area contributed by atoms with Crippen LogP contribution in [0.5, 0.6) is 5.06 Å². The number of halogens is 1. The topological polar surface area (TPSA) is 46.5 Å². The second kappa shape index (κ2) is 4.97. The van der Waals surface area contributed by atoms with Crippen molar-refractivity contribution in [2.45, 2.75) is 6.67 Å². The molecule has 3 nitrogen and oxygen atoms in total. The molecule has 2 aromatic rings. The van der Waals surface area contributed by atoms with Gasteiger partial charge in [0, 0.05) is 16.5 Å². The Morgan fingerprint density at radius 1 is 1.35 bits per heavy atom. The maximum absolute atomic E-state index is 12.9. The first kappa shape index (κ1) is 11.6. The molecule has 1 aromatic heterocycles. The molecule has 0 bridgehead atoms. The van der Waals surface area contributed by atoms with Gasteiger partial charge in [0.2, 0.25) is 0 Å². The number of carboxylic acid groups (broad SMARTS) is 1. The van der Waals surface area contributed by atoms with Crippen LogP contribution in [-0.2, 0) is 6.67 Å². The molecule has 5 heteroatoms. The summed E-state index contributed by atoms with van der Waals surface area (Å²) in [5.41, 5.74) is 1.80. The van der Waals surface area contributed by atoms with E-state index >= 15 is 0 Å². The highest BCUT2D eigenvalue weighted by molar-refractivity contribution is 7.12. The SMILES string of the molecule is O=C(O)Oc1scc(-c2ccccc2)c1CF. The minimum atomic E-state index is -1.43. The minimum absolute atomic E-state index is 0.0962. The normalized spacial score (nSPS) is 10.2. The van der Waals surface area contributed by atoms with Crippen LogP contribution in [-0.4, -0.2) is 11.3 Å². The van der Waals surface area contributed by atoms with Gasteiger partial charge in [-0.15, -0.1) is 11.3 Å². The zero-order chi connectivity index (χ0) is 12.3. The summed E-state index contributed by atoms with van der Waals surface area (Å²) in [6.45, 7) is -0.754. The molecule has 1 aromatic carbocycles. The van der Waals surface area contributed by atoms with Crippen LogP contribution >= 0.6 is 11.3 Å². The van der Waals surface area contributed by atoms with E-state index < -0.39 is 12.8 Å². The molecular weight excluding hydrogens is 243 g/mol. The first-order valence-corrected chi connectivity index (χ1v) is 5.73. The molecular formula is C12H9FO3S. The Kier molecular flexibility index (Phi) is 3.39. The fourth-order valence-electron chi connectivity index (χ4n) is 1.52. The zero-order valence-corrected chi connectivity index (χ0v) is 9.54. The molecule has 0 aliphatic rings. The lowest BCUT2D eigenvalue weighted by Gasteiger charge is -2.02. The van der Waals surface area contributed by atoms with E-state index in [1.165, 1.54) is 0 Å². The highest BCUT2D eigenvalue weighted by Gasteiger charge is 2.16. The molecule has 0 spiro atoms. The van der Waals surface area contributed by atoms with E-state index in [9.17, 15) is 9.18 Å². The standard InChI is InChI=1S/C12H9FO3S/c13-6-9-10(8-4-2-1-3-5-8)7-17-11(9)16-12(14)15/h1-5,7H,6H2,(H,14,15). The molecule has 0 radical (unpaired) electrons. The number of hydrogen-bond acceptors (Lipinski definition) is 3. The predicted octanol–water partition coefficient (Wildman–Crippen LogP) is 3.94. The zero-order valence-electron chi connectivity index (χ0n) is 8.72. The van der Waals surface area contributed by atoms with Gasteiger partial charge >= 0.3 is 6.16 Å². The van der Waals surface area contributed by atoms with E-state index in [0.717, 1.165) is 16.9 Å². The van der Waals surface area contributed by atoms with Crippen LogP contribution in [0.25, 0.3) is 11.1 Å². The quantitative estimate of drug-likeness (QED) is 0.841. The largest absolute Gasteiger partial charge is 0.512 e. The molecule has 1 N–H and O–H groups in total. The highest BCUT2D eigenvalue weighted by Crippen LogP contribution is 2.37. The van der Waals surface area contributed by atoms with Gasteiger partial charge in [-0.2, -0.15) is 0 Å². The van der Waals surface area contributed by atoms with Crippen molar-refractivity contribution in [3.63, 3.8) is 0 Å². The Balaban J connectivity index is 2.42. The summed E-state index contributed by atoms with van der Waals surface area (Å²) >= 11 is 1.08. The molecule has 0 fully saturated rings. The maximum atomic E-state index is 12.9. The first-order chi connectivity index (χ1) is 8.22. The Bertz CT molecular complexity index is 522. The molecule has 88 valence electrons. The Morgan fingerprint density at radius 3 is 2.65 bits per heavy atom. The fourth-order valence-corrected chi connectivity index (χ4v) is 2.45. The smallest absolute Gasteiger partial charge is 0.449 e. The average molecular weight is 252 g/mol. The summed E-state index contributed by atoms with van der Waals surface area (Å²) in [7, 11) is 0. The molecule has 0 saturated carbocycles. The Morgan fingerprint density at radius 2 is 2.06 bits per heavy atom. The van der Waals surface area contributed by atoms with Gasteiger partial charge in [-0.3, -0.25) is 0 Å². The van der Waals surface area contributed by atoms with Crippen molar-refractivity contribution in [2.75, 3.05) is 0 Å². The van der Waals surface area contributed by atoms with Gasteiger partial charge in [0.25, 0.3) is 0 Å². The van der Waals surface area contributed by atoms with Gasteiger partial charge in [-0.1, -0.05) is 30.3 Å². The third-order valence-electron chi connectivity index (χ3n) is 2.25. The van der Waals surface area contributed by atoms with Gasteiger partial charge in [0.1, 0.15) is 6.67 Å². The summed E-state index contributed by atoms with van der Waals surface area (Å²) in [4.78, 5) is 10.4. The van der Waals surface area contributed by atoms with E-state index in [4.69, 9.17) is 5.11 Å². The number of rotatable bonds is 3. The van der Waals surface area contributed by atoms with Crippen molar-refractivity contribution in [2.24, 2.45) is 0 Å². The number of thiophene rings is 1. The second-order valence-electron chi connectivity index (χ2n) is 3.28. The lowest BCUT2D eigenvalue weighted by Crippen LogP contribution is -2.03. The van der Waals surface area contributed by atoms with Gasteiger partial charge in [0.15, 0.2) is 5.06 Å². The molecule has 0 atom stereocenters. The third-order valence-corrected chi connectivity index (χ3v) is 3.15. The minimum Gasteiger partial charge on any atom is -0.449 e. The molecule has 0 aliphatic carbocycles. The van der Waals surface area contributed by atoms with Crippen molar-refractivity contribution in [1.82, 2.24) is 0 Å². The van der Waals surface area contributed by atoms with E-state index in [2.05, 4.69) is 4.74 Å². The number of alkyl halides is 1. The Labute approximate surface area is 101 Å². The summed E-state index contributed by atoms with van der Waals surface area (Å²) in [5, 5.41) is 10.3. The monoisotopic (exact) mass is 252 g/mol. The summed E-state index contributed by atoms with van der Waals surface area (Å²) in [5.74, 6) is 0. The molecule has 0 unspecified atom stereocenters. The predicted molar refractivity (Wildman–Crippen MR) is 63.2 cm³/mol.